The van der Waals surface area contributed by atoms with Crippen molar-refractivity contribution in [3.05, 3.63) is 24.0 Å². The lowest BCUT2D eigenvalue weighted by molar-refractivity contribution is 0.207. The first-order chi connectivity index (χ1) is 6.70. The fourth-order valence-electron chi connectivity index (χ4n) is 2.00. The van der Waals surface area contributed by atoms with Gasteiger partial charge in [-0.05, 0) is 38.7 Å². The maximum absolute atomic E-state index is 5.79. The van der Waals surface area contributed by atoms with Crippen LogP contribution < -0.4 is 5.73 Å². The van der Waals surface area contributed by atoms with Gasteiger partial charge in [0, 0.05) is 11.9 Å². The molecule has 1 rings (SSSR count). The Morgan fingerprint density at radius 3 is 2.57 bits per heavy atom. The zero-order valence-corrected chi connectivity index (χ0v) is 9.33. The molecule has 0 fully saturated rings. The number of hydrogen-bond donors (Lipinski definition) is 2. The average Bonchev–Trinajstić information content (AvgIpc) is 2.65. The highest BCUT2D eigenvalue weighted by Gasteiger charge is 2.23. The van der Waals surface area contributed by atoms with Gasteiger partial charge < -0.3 is 15.6 Å². The van der Waals surface area contributed by atoms with E-state index in [-0.39, 0.29) is 0 Å². The number of rotatable bonds is 5. The van der Waals surface area contributed by atoms with E-state index in [4.69, 9.17) is 5.73 Å². The summed E-state index contributed by atoms with van der Waals surface area (Å²) < 4.78 is 0. The van der Waals surface area contributed by atoms with E-state index in [1.165, 1.54) is 5.69 Å². The standard InChI is InChI=1S/C11H21N3/c1-4-9(8-12)11(14(2)3)10-6-5-7-13-10/h5-7,9,11,13H,4,8,12H2,1-3H3. The van der Waals surface area contributed by atoms with Crippen LogP contribution in [0.5, 0.6) is 0 Å². The summed E-state index contributed by atoms with van der Waals surface area (Å²) in [5, 5.41) is 0. The van der Waals surface area contributed by atoms with Crippen LogP contribution in [0.2, 0.25) is 0 Å². The number of aromatic nitrogens is 1. The molecule has 0 spiro atoms. The molecule has 14 heavy (non-hydrogen) atoms. The number of nitrogens with zero attached hydrogens (tertiary/aromatic N) is 1. The molecule has 0 aliphatic rings. The molecule has 3 heteroatoms. The van der Waals surface area contributed by atoms with Gasteiger partial charge in [0.2, 0.25) is 0 Å². The van der Waals surface area contributed by atoms with Crippen molar-refractivity contribution in [3.63, 3.8) is 0 Å². The van der Waals surface area contributed by atoms with Gasteiger partial charge in [-0.3, -0.25) is 0 Å². The summed E-state index contributed by atoms with van der Waals surface area (Å²) >= 11 is 0. The average molecular weight is 195 g/mol. The van der Waals surface area contributed by atoms with E-state index in [0.29, 0.717) is 12.0 Å². The third-order valence-electron chi connectivity index (χ3n) is 2.77. The van der Waals surface area contributed by atoms with Crippen LogP contribution in [0.25, 0.3) is 0 Å². The Balaban J connectivity index is 2.84. The summed E-state index contributed by atoms with van der Waals surface area (Å²) in [5.74, 6) is 0.517. The quantitative estimate of drug-likeness (QED) is 0.749. The Labute approximate surface area is 86.3 Å². The van der Waals surface area contributed by atoms with Gasteiger partial charge >= 0.3 is 0 Å². The monoisotopic (exact) mass is 195 g/mol. The Morgan fingerprint density at radius 1 is 1.50 bits per heavy atom. The Bertz CT molecular complexity index is 237. The van der Waals surface area contributed by atoms with Crippen LogP contribution in [0.4, 0.5) is 0 Å². The lowest BCUT2D eigenvalue weighted by Crippen LogP contribution is -2.31. The van der Waals surface area contributed by atoms with Crippen LogP contribution in [0, 0.1) is 5.92 Å². The molecule has 0 amide bonds. The molecule has 0 aliphatic carbocycles. The third kappa shape index (κ3) is 2.36. The molecule has 0 bridgehead atoms. The molecule has 0 saturated carbocycles. The molecule has 2 unspecified atom stereocenters. The molecule has 3 nitrogen and oxygen atoms in total. The van der Waals surface area contributed by atoms with Gasteiger partial charge in [-0.15, -0.1) is 0 Å². The van der Waals surface area contributed by atoms with Crippen LogP contribution in [0.1, 0.15) is 25.1 Å². The Hall–Kier alpha value is -0.800. The van der Waals surface area contributed by atoms with Crippen molar-refractivity contribution in [3.8, 4) is 0 Å². The number of nitrogens with one attached hydrogen (secondary N) is 1. The molecule has 1 aromatic heterocycles. The predicted molar refractivity (Wildman–Crippen MR) is 60.1 cm³/mol. The van der Waals surface area contributed by atoms with Crippen molar-refractivity contribution in [2.24, 2.45) is 11.7 Å². The molecule has 0 aliphatic heterocycles. The number of nitrogens with two attached hydrogens (primary N) is 1. The minimum Gasteiger partial charge on any atom is -0.364 e. The fraction of sp³-hybridized carbons (Fsp3) is 0.636. The molecule has 2 atom stereocenters. The van der Waals surface area contributed by atoms with Gasteiger partial charge in [-0.2, -0.15) is 0 Å². The van der Waals surface area contributed by atoms with Gasteiger partial charge in [0.05, 0.1) is 6.04 Å². The SMILES string of the molecule is CCC(CN)C(c1ccc[nH]1)N(C)C. The second kappa shape index (κ2) is 5.17. The molecule has 3 N–H and O–H groups in total. The van der Waals surface area contributed by atoms with E-state index >= 15 is 0 Å². The first-order valence-corrected chi connectivity index (χ1v) is 5.20. The molecule has 0 aromatic carbocycles. The molecule has 80 valence electrons. The highest BCUT2D eigenvalue weighted by molar-refractivity contribution is 5.10. The highest BCUT2D eigenvalue weighted by atomic mass is 15.1. The molecule has 1 aromatic rings. The van der Waals surface area contributed by atoms with Crippen molar-refractivity contribution in [1.82, 2.24) is 9.88 Å². The second-order valence-electron chi connectivity index (χ2n) is 3.94. The predicted octanol–water partition coefficient (Wildman–Crippen LogP) is 1.60. The lowest BCUT2D eigenvalue weighted by Gasteiger charge is -2.30. The molecule has 0 saturated heterocycles. The number of aromatic amines is 1. The van der Waals surface area contributed by atoms with Gasteiger partial charge in [-0.1, -0.05) is 13.3 Å². The third-order valence-corrected chi connectivity index (χ3v) is 2.77. The van der Waals surface area contributed by atoms with Crippen LogP contribution in [-0.2, 0) is 0 Å². The van der Waals surface area contributed by atoms with Crippen LogP contribution >= 0.6 is 0 Å². The van der Waals surface area contributed by atoms with E-state index in [1.54, 1.807) is 0 Å². The zero-order valence-electron chi connectivity index (χ0n) is 9.33. The lowest BCUT2D eigenvalue weighted by atomic mass is 9.93. The smallest absolute Gasteiger partial charge is 0.0533 e. The zero-order chi connectivity index (χ0) is 10.6. The van der Waals surface area contributed by atoms with Crippen molar-refractivity contribution >= 4 is 0 Å². The van der Waals surface area contributed by atoms with Crippen LogP contribution in [0.15, 0.2) is 18.3 Å². The Kier molecular flexibility index (Phi) is 4.17. The summed E-state index contributed by atoms with van der Waals surface area (Å²) in [6.07, 6.45) is 3.08. The largest absolute Gasteiger partial charge is 0.364 e. The number of hydrogen-bond acceptors (Lipinski definition) is 2. The minimum atomic E-state index is 0.403. The summed E-state index contributed by atoms with van der Waals surface area (Å²) in [5.41, 5.74) is 7.04. The minimum absolute atomic E-state index is 0.403. The fourth-order valence-corrected chi connectivity index (χ4v) is 2.00. The topological polar surface area (TPSA) is 45.1 Å². The normalized spacial score (nSPS) is 15.8. The maximum Gasteiger partial charge on any atom is 0.0533 e. The summed E-state index contributed by atoms with van der Waals surface area (Å²) in [4.78, 5) is 5.50. The first-order valence-electron chi connectivity index (χ1n) is 5.20. The molecular weight excluding hydrogens is 174 g/mol. The van der Waals surface area contributed by atoms with E-state index in [1.807, 2.05) is 12.3 Å². The van der Waals surface area contributed by atoms with Crippen LogP contribution in [0.3, 0.4) is 0 Å². The van der Waals surface area contributed by atoms with Crippen molar-refractivity contribution in [2.75, 3.05) is 20.6 Å². The molecular formula is C11H21N3. The highest BCUT2D eigenvalue weighted by Crippen LogP contribution is 2.26. The first kappa shape index (κ1) is 11.3. The van der Waals surface area contributed by atoms with Crippen molar-refractivity contribution in [2.45, 2.75) is 19.4 Å². The van der Waals surface area contributed by atoms with Gasteiger partial charge in [0.15, 0.2) is 0 Å². The molecule has 0 radical (unpaired) electrons. The van der Waals surface area contributed by atoms with E-state index in [0.717, 1.165) is 13.0 Å². The van der Waals surface area contributed by atoms with Gasteiger partial charge in [0.1, 0.15) is 0 Å². The van der Waals surface area contributed by atoms with Gasteiger partial charge in [-0.25, -0.2) is 0 Å². The summed E-state index contributed by atoms with van der Waals surface area (Å²) in [7, 11) is 4.20. The van der Waals surface area contributed by atoms with Crippen LogP contribution in [-0.4, -0.2) is 30.5 Å². The van der Waals surface area contributed by atoms with E-state index < -0.39 is 0 Å². The maximum atomic E-state index is 5.79. The van der Waals surface area contributed by atoms with Crippen molar-refractivity contribution < 1.29 is 0 Å². The summed E-state index contributed by atoms with van der Waals surface area (Å²) in [6, 6.07) is 4.57. The van der Waals surface area contributed by atoms with E-state index in [2.05, 4.69) is 37.0 Å². The number of H-pyrrole nitrogens is 1. The van der Waals surface area contributed by atoms with Gasteiger partial charge in [0.25, 0.3) is 0 Å². The molecule has 1 heterocycles. The second-order valence-corrected chi connectivity index (χ2v) is 3.94. The summed E-state index contributed by atoms with van der Waals surface area (Å²) in [6.45, 7) is 2.93. The Morgan fingerprint density at radius 2 is 2.21 bits per heavy atom. The van der Waals surface area contributed by atoms with E-state index in [9.17, 15) is 0 Å². The van der Waals surface area contributed by atoms with Crippen molar-refractivity contribution in [1.29, 1.82) is 0 Å².